The maximum atomic E-state index is 6.03. The normalized spacial score (nSPS) is 14.2. The molecular weight excluding hydrogens is 254 g/mol. The van der Waals surface area contributed by atoms with Gasteiger partial charge in [0.15, 0.2) is 0 Å². The van der Waals surface area contributed by atoms with Gasteiger partial charge in [0.1, 0.15) is 0 Å². The van der Waals surface area contributed by atoms with E-state index in [1.54, 1.807) is 7.11 Å². The van der Waals surface area contributed by atoms with Gasteiger partial charge in [-0.3, -0.25) is 0 Å². The van der Waals surface area contributed by atoms with Crippen LogP contribution in [0.25, 0.3) is 0 Å². The van der Waals surface area contributed by atoms with Crippen molar-refractivity contribution in [3.63, 3.8) is 0 Å². The van der Waals surface area contributed by atoms with E-state index in [1.165, 1.54) is 5.56 Å². The van der Waals surface area contributed by atoms with Crippen LogP contribution in [0.5, 0.6) is 0 Å². The molecule has 4 nitrogen and oxygen atoms in total. The van der Waals surface area contributed by atoms with Crippen molar-refractivity contribution >= 4 is 0 Å². The van der Waals surface area contributed by atoms with Crippen molar-refractivity contribution in [2.45, 2.75) is 32.4 Å². The SMILES string of the molecule is COCCOCCCOC(c1cccc(C)c1)C(C)N. The lowest BCUT2D eigenvalue weighted by Crippen LogP contribution is -2.27. The van der Waals surface area contributed by atoms with Gasteiger partial charge in [0.2, 0.25) is 0 Å². The van der Waals surface area contributed by atoms with E-state index in [1.807, 2.05) is 13.0 Å². The van der Waals surface area contributed by atoms with Gasteiger partial charge in [0.25, 0.3) is 0 Å². The molecule has 0 aliphatic heterocycles. The Kier molecular flexibility index (Phi) is 8.46. The molecule has 1 aromatic rings. The second kappa shape index (κ2) is 9.88. The Morgan fingerprint density at radius 3 is 2.60 bits per heavy atom. The van der Waals surface area contributed by atoms with Crippen LogP contribution in [0.4, 0.5) is 0 Å². The number of benzene rings is 1. The van der Waals surface area contributed by atoms with E-state index >= 15 is 0 Å². The number of hydrogen-bond donors (Lipinski definition) is 1. The molecule has 2 N–H and O–H groups in total. The number of aryl methyl sites for hydroxylation is 1. The van der Waals surface area contributed by atoms with Crippen molar-refractivity contribution in [2.24, 2.45) is 5.73 Å². The Morgan fingerprint density at radius 1 is 1.15 bits per heavy atom. The molecule has 20 heavy (non-hydrogen) atoms. The second-order valence-corrected chi connectivity index (χ2v) is 5.02. The molecule has 1 rings (SSSR count). The van der Waals surface area contributed by atoms with Crippen LogP contribution in [-0.4, -0.2) is 39.6 Å². The summed E-state index contributed by atoms with van der Waals surface area (Å²) in [5, 5.41) is 0. The molecule has 0 saturated carbocycles. The predicted molar refractivity (Wildman–Crippen MR) is 80.8 cm³/mol. The molecule has 1 aromatic carbocycles. The first kappa shape index (κ1) is 17.1. The summed E-state index contributed by atoms with van der Waals surface area (Å²) in [7, 11) is 1.67. The summed E-state index contributed by atoms with van der Waals surface area (Å²) in [5.41, 5.74) is 8.39. The Bertz CT molecular complexity index is 368. The molecule has 0 spiro atoms. The third-order valence-corrected chi connectivity index (χ3v) is 3.01. The minimum Gasteiger partial charge on any atom is -0.382 e. The maximum Gasteiger partial charge on any atom is 0.0973 e. The molecule has 0 amide bonds. The lowest BCUT2D eigenvalue weighted by Gasteiger charge is -2.22. The Balaban J connectivity index is 2.33. The molecule has 2 atom stereocenters. The number of hydrogen-bond acceptors (Lipinski definition) is 4. The third-order valence-electron chi connectivity index (χ3n) is 3.01. The summed E-state index contributed by atoms with van der Waals surface area (Å²) in [5.74, 6) is 0. The fourth-order valence-corrected chi connectivity index (χ4v) is 2.01. The lowest BCUT2D eigenvalue weighted by atomic mass is 10.0. The van der Waals surface area contributed by atoms with Gasteiger partial charge in [-0.05, 0) is 25.8 Å². The van der Waals surface area contributed by atoms with Crippen molar-refractivity contribution in [1.82, 2.24) is 0 Å². The molecule has 0 aliphatic rings. The summed E-state index contributed by atoms with van der Waals surface area (Å²) < 4.78 is 16.2. The highest BCUT2D eigenvalue weighted by atomic mass is 16.5. The topological polar surface area (TPSA) is 53.7 Å². The van der Waals surface area contributed by atoms with Gasteiger partial charge < -0.3 is 19.9 Å². The van der Waals surface area contributed by atoms with E-state index in [0.29, 0.717) is 26.4 Å². The largest absolute Gasteiger partial charge is 0.382 e. The van der Waals surface area contributed by atoms with Gasteiger partial charge >= 0.3 is 0 Å². The summed E-state index contributed by atoms with van der Waals surface area (Å²) in [6.07, 6.45) is 0.799. The summed E-state index contributed by atoms with van der Waals surface area (Å²) in [4.78, 5) is 0. The molecule has 0 radical (unpaired) electrons. The first-order valence-electron chi connectivity index (χ1n) is 7.15. The zero-order chi connectivity index (χ0) is 14.8. The van der Waals surface area contributed by atoms with Gasteiger partial charge in [-0.15, -0.1) is 0 Å². The van der Waals surface area contributed by atoms with Crippen LogP contribution < -0.4 is 5.73 Å². The minimum absolute atomic E-state index is 0.0359. The Morgan fingerprint density at radius 2 is 1.95 bits per heavy atom. The van der Waals surface area contributed by atoms with Crippen molar-refractivity contribution < 1.29 is 14.2 Å². The molecule has 0 aliphatic carbocycles. The summed E-state index contributed by atoms with van der Waals surface area (Å²) in [6, 6.07) is 8.27. The third kappa shape index (κ3) is 6.48. The van der Waals surface area contributed by atoms with E-state index in [4.69, 9.17) is 19.9 Å². The molecule has 0 saturated heterocycles. The van der Waals surface area contributed by atoms with E-state index in [-0.39, 0.29) is 12.1 Å². The first-order valence-corrected chi connectivity index (χ1v) is 7.15. The van der Waals surface area contributed by atoms with Gasteiger partial charge in [-0.2, -0.15) is 0 Å². The zero-order valence-electron chi connectivity index (χ0n) is 12.8. The van der Waals surface area contributed by atoms with Crippen molar-refractivity contribution in [3.8, 4) is 0 Å². The van der Waals surface area contributed by atoms with Crippen LogP contribution in [0, 0.1) is 6.92 Å². The Hall–Kier alpha value is -0.940. The molecule has 114 valence electrons. The van der Waals surface area contributed by atoms with Crippen molar-refractivity contribution in [2.75, 3.05) is 33.5 Å². The van der Waals surface area contributed by atoms with Crippen LogP contribution in [0.3, 0.4) is 0 Å². The van der Waals surface area contributed by atoms with Gasteiger partial charge in [0, 0.05) is 26.4 Å². The van der Waals surface area contributed by atoms with Crippen molar-refractivity contribution in [3.05, 3.63) is 35.4 Å². The fraction of sp³-hybridized carbons (Fsp3) is 0.625. The molecule has 2 unspecified atom stereocenters. The Labute approximate surface area is 122 Å². The highest BCUT2D eigenvalue weighted by Crippen LogP contribution is 2.21. The van der Waals surface area contributed by atoms with Gasteiger partial charge in [-0.25, -0.2) is 0 Å². The molecule has 0 fully saturated rings. The highest BCUT2D eigenvalue weighted by Gasteiger charge is 2.16. The summed E-state index contributed by atoms with van der Waals surface area (Å²) >= 11 is 0. The molecule has 0 heterocycles. The number of ether oxygens (including phenoxy) is 3. The predicted octanol–water partition coefficient (Wildman–Crippen LogP) is 2.45. The van der Waals surface area contributed by atoms with E-state index in [2.05, 4.69) is 25.1 Å². The second-order valence-electron chi connectivity index (χ2n) is 5.02. The quantitative estimate of drug-likeness (QED) is 0.669. The van der Waals surface area contributed by atoms with Crippen LogP contribution in [0.2, 0.25) is 0 Å². The number of rotatable bonds is 10. The lowest BCUT2D eigenvalue weighted by molar-refractivity contribution is 0.0143. The van der Waals surface area contributed by atoms with E-state index < -0.39 is 0 Å². The van der Waals surface area contributed by atoms with Crippen LogP contribution in [0.15, 0.2) is 24.3 Å². The molecule has 0 bridgehead atoms. The van der Waals surface area contributed by atoms with Crippen LogP contribution >= 0.6 is 0 Å². The van der Waals surface area contributed by atoms with Crippen LogP contribution in [-0.2, 0) is 14.2 Å². The first-order chi connectivity index (χ1) is 9.65. The molecule has 0 aromatic heterocycles. The smallest absolute Gasteiger partial charge is 0.0973 e. The minimum atomic E-state index is -0.0612. The average molecular weight is 281 g/mol. The van der Waals surface area contributed by atoms with E-state index in [0.717, 1.165) is 12.0 Å². The monoisotopic (exact) mass is 281 g/mol. The average Bonchev–Trinajstić information content (AvgIpc) is 2.41. The zero-order valence-corrected chi connectivity index (χ0v) is 12.8. The van der Waals surface area contributed by atoms with Crippen molar-refractivity contribution in [1.29, 1.82) is 0 Å². The molecular formula is C16H27NO3. The van der Waals surface area contributed by atoms with Gasteiger partial charge in [0.05, 0.1) is 19.3 Å². The number of methoxy groups -OCH3 is 1. The standard InChI is InChI=1S/C16H27NO3/c1-13-6-4-7-15(12-13)16(14(2)17)20-9-5-8-19-11-10-18-3/h4,6-7,12,14,16H,5,8-11,17H2,1-3H3. The molecule has 4 heteroatoms. The van der Waals surface area contributed by atoms with Crippen LogP contribution in [0.1, 0.15) is 30.6 Å². The summed E-state index contributed by atoms with van der Waals surface area (Å²) in [6.45, 7) is 6.64. The highest BCUT2D eigenvalue weighted by molar-refractivity contribution is 5.25. The fourth-order valence-electron chi connectivity index (χ4n) is 2.01. The van der Waals surface area contributed by atoms with E-state index in [9.17, 15) is 0 Å². The maximum absolute atomic E-state index is 6.03. The van der Waals surface area contributed by atoms with Gasteiger partial charge in [-0.1, -0.05) is 29.8 Å². The number of nitrogens with two attached hydrogens (primary N) is 1.